The van der Waals surface area contributed by atoms with Crippen molar-refractivity contribution in [2.45, 2.75) is 47.6 Å². The van der Waals surface area contributed by atoms with Crippen molar-refractivity contribution in [3.05, 3.63) is 78.5 Å². The summed E-state index contributed by atoms with van der Waals surface area (Å²) in [5, 5.41) is 10.8. The average Bonchev–Trinajstić information content (AvgIpc) is 3.25. The normalized spacial score (nSPS) is 14.9. The summed E-state index contributed by atoms with van der Waals surface area (Å²) in [7, 11) is 0. The number of ether oxygens (including phenoxy) is 3. The van der Waals surface area contributed by atoms with Crippen LogP contribution in [-0.2, 0) is 9.53 Å². The molecule has 0 fully saturated rings. The van der Waals surface area contributed by atoms with Crippen LogP contribution in [0.4, 0.5) is 5.69 Å². The summed E-state index contributed by atoms with van der Waals surface area (Å²) >= 11 is 1.20. The van der Waals surface area contributed by atoms with E-state index in [9.17, 15) is 14.7 Å². The van der Waals surface area contributed by atoms with Gasteiger partial charge in [0.1, 0.15) is 5.75 Å². The number of rotatable bonds is 11. The Morgan fingerprint density at radius 2 is 1.73 bits per heavy atom. The van der Waals surface area contributed by atoms with Crippen molar-refractivity contribution in [2.75, 3.05) is 37.8 Å². The highest BCUT2D eigenvalue weighted by molar-refractivity contribution is 7.07. The molecule has 0 aliphatic carbocycles. The molecule has 0 bridgehead atoms. The van der Waals surface area contributed by atoms with Crippen LogP contribution in [0.3, 0.4) is 0 Å². The van der Waals surface area contributed by atoms with E-state index in [0.29, 0.717) is 50.9 Å². The van der Waals surface area contributed by atoms with Gasteiger partial charge in [0.05, 0.1) is 41.7 Å². The minimum absolute atomic E-state index is 0.0769. The number of benzene rings is 2. The Labute approximate surface area is 243 Å². The van der Waals surface area contributed by atoms with E-state index in [2.05, 4.69) is 23.7 Å². The number of carbonyl (C=O) groups excluding carboxylic acids is 1. The number of anilines is 1. The number of aromatic nitrogens is 1. The number of phenols is 1. The molecule has 3 aromatic rings. The maximum Gasteiger partial charge on any atom is 0.338 e. The fourth-order valence-electron chi connectivity index (χ4n) is 4.93. The molecule has 4 rings (SSSR count). The Kier molecular flexibility index (Phi) is 9.54. The molecule has 0 radical (unpaired) electrons. The van der Waals surface area contributed by atoms with Gasteiger partial charge in [0.15, 0.2) is 16.3 Å². The van der Waals surface area contributed by atoms with Gasteiger partial charge in [-0.05, 0) is 77.4 Å². The summed E-state index contributed by atoms with van der Waals surface area (Å²) in [6.07, 6.45) is 1.66. The summed E-state index contributed by atoms with van der Waals surface area (Å²) in [6, 6.07) is 10.0. The number of hydrogen-bond donors (Lipinski definition) is 1. The number of nitrogens with zero attached hydrogens (tertiary/aromatic N) is 3. The minimum Gasteiger partial charge on any atom is -0.507 e. The van der Waals surface area contributed by atoms with Gasteiger partial charge >= 0.3 is 5.97 Å². The zero-order valence-corrected chi connectivity index (χ0v) is 25.2. The number of fused-ring (bicyclic) bond motifs is 1. The molecule has 2 heterocycles. The third kappa shape index (κ3) is 6.02. The predicted octanol–water partition coefficient (Wildman–Crippen LogP) is 4.15. The fraction of sp³-hybridized carbons (Fsp3) is 0.387. The van der Waals surface area contributed by atoms with Crippen LogP contribution in [0.5, 0.6) is 17.2 Å². The van der Waals surface area contributed by atoms with Gasteiger partial charge in [-0.3, -0.25) is 9.36 Å². The second-order valence-electron chi connectivity index (χ2n) is 9.29. The first kappa shape index (κ1) is 29.9. The molecular formula is C31H37N3O6S. The van der Waals surface area contributed by atoms with Gasteiger partial charge in [-0.15, -0.1) is 0 Å². The molecule has 0 saturated carbocycles. The van der Waals surface area contributed by atoms with Crippen LogP contribution < -0.4 is 29.3 Å². The molecular weight excluding hydrogens is 542 g/mol. The minimum atomic E-state index is -0.791. The predicted molar refractivity (Wildman–Crippen MR) is 161 cm³/mol. The van der Waals surface area contributed by atoms with Crippen LogP contribution in [0, 0.1) is 0 Å². The summed E-state index contributed by atoms with van der Waals surface area (Å²) in [5.41, 5.74) is 2.51. The number of hydrogen-bond acceptors (Lipinski definition) is 9. The summed E-state index contributed by atoms with van der Waals surface area (Å²) in [4.78, 5) is 34.4. The van der Waals surface area contributed by atoms with E-state index in [1.165, 1.54) is 15.9 Å². The van der Waals surface area contributed by atoms with E-state index >= 15 is 0 Å². The second-order valence-corrected chi connectivity index (χ2v) is 10.3. The maximum absolute atomic E-state index is 14.0. The van der Waals surface area contributed by atoms with Gasteiger partial charge in [-0.2, -0.15) is 0 Å². The molecule has 2 aromatic carbocycles. The summed E-state index contributed by atoms with van der Waals surface area (Å²) in [6.45, 7) is 14.0. The number of aromatic hydroxyl groups is 1. The van der Waals surface area contributed by atoms with Crippen molar-refractivity contribution in [1.82, 2.24) is 4.57 Å². The van der Waals surface area contributed by atoms with Crippen LogP contribution in [0.15, 0.2) is 57.5 Å². The number of esters is 1. The van der Waals surface area contributed by atoms with Gasteiger partial charge in [0, 0.05) is 30.4 Å². The lowest BCUT2D eigenvalue weighted by molar-refractivity contribution is -0.139. The third-order valence-corrected chi connectivity index (χ3v) is 7.81. The Morgan fingerprint density at radius 1 is 1.02 bits per heavy atom. The smallest absolute Gasteiger partial charge is 0.338 e. The van der Waals surface area contributed by atoms with Gasteiger partial charge in [0.25, 0.3) is 5.56 Å². The third-order valence-electron chi connectivity index (χ3n) is 6.83. The van der Waals surface area contributed by atoms with E-state index in [1.54, 1.807) is 44.2 Å². The highest BCUT2D eigenvalue weighted by Gasteiger charge is 2.34. The van der Waals surface area contributed by atoms with Crippen molar-refractivity contribution >= 4 is 29.1 Å². The van der Waals surface area contributed by atoms with Crippen LogP contribution in [0.25, 0.3) is 6.08 Å². The molecule has 1 atom stereocenters. The number of phenolic OH excluding ortho intramolecular Hbond substituents is 1. The van der Waals surface area contributed by atoms with Crippen molar-refractivity contribution in [3.8, 4) is 17.2 Å². The van der Waals surface area contributed by atoms with Crippen LogP contribution >= 0.6 is 11.3 Å². The topological polar surface area (TPSA) is 103 Å². The molecule has 1 aliphatic rings. The molecule has 10 heteroatoms. The highest BCUT2D eigenvalue weighted by atomic mass is 32.1. The Balaban J connectivity index is 1.91. The lowest BCUT2D eigenvalue weighted by atomic mass is 9.95. The van der Waals surface area contributed by atoms with Crippen molar-refractivity contribution in [1.29, 1.82) is 0 Å². The number of thiazole rings is 1. The highest BCUT2D eigenvalue weighted by Crippen LogP contribution is 2.36. The quantitative estimate of drug-likeness (QED) is 0.341. The summed E-state index contributed by atoms with van der Waals surface area (Å²) in [5.74, 6) is 0.634. The second kappa shape index (κ2) is 13.1. The zero-order valence-electron chi connectivity index (χ0n) is 24.4. The van der Waals surface area contributed by atoms with Crippen LogP contribution in [0.1, 0.15) is 58.7 Å². The lowest BCUT2D eigenvalue weighted by Crippen LogP contribution is -2.40. The van der Waals surface area contributed by atoms with Gasteiger partial charge in [0.2, 0.25) is 0 Å². The first-order valence-electron chi connectivity index (χ1n) is 13.9. The molecule has 218 valence electrons. The molecule has 1 aliphatic heterocycles. The molecule has 1 aromatic heterocycles. The molecule has 0 spiro atoms. The Hall–Kier alpha value is -4.05. The van der Waals surface area contributed by atoms with Gasteiger partial charge in [-0.1, -0.05) is 17.4 Å². The standard InChI is InChI=1S/C31H37N3O6S/c1-7-33(8-2)22-14-12-20(23(35)18-22)17-26-29(36)34-28(21-13-15-24(38-9-3)25(16-21)39-10-4)27(30(37)40-11-5)19(6)32-31(34)41-26/h12-18,28,35H,7-11H2,1-6H3/b26-17-. The van der Waals surface area contributed by atoms with E-state index in [4.69, 9.17) is 14.2 Å². The lowest BCUT2D eigenvalue weighted by Gasteiger charge is -2.25. The molecule has 1 N–H and O–H groups in total. The number of carbonyl (C=O) groups is 1. The molecule has 1 unspecified atom stereocenters. The zero-order chi connectivity index (χ0) is 29.7. The first-order valence-corrected chi connectivity index (χ1v) is 14.8. The SMILES string of the molecule is CCOC(=O)C1=C(C)N=c2s/c(=C\c3ccc(N(CC)CC)cc3O)c(=O)n2C1c1ccc(OCC)c(OCC)c1. The van der Waals surface area contributed by atoms with Gasteiger partial charge < -0.3 is 24.2 Å². The molecule has 0 saturated heterocycles. The number of allylic oxidation sites excluding steroid dienone is 1. The molecule has 0 amide bonds. The van der Waals surface area contributed by atoms with Crippen molar-refractivity contribution in [2.24, 2.45) is 4.99 Å². The average molecular weight is 580 g/mol. The van der Waals surface area contributed by atoms with Gasteiger partial charge in [-0.25, -0.2) is 9.79 Å². The molecule has 9 nitrogen and oxygen atoms in total. The maximum atomic E-state index is 14.0. The van der Waals surface area contributed by atoms with E-state index in [-0.39, 0.29) is 23.5 Å². The van der Waals surface area contributed by atoms with Crippen molar-refractivity contribution < 1.29 is 24.1 Å². The largest absolute Gasteiger partial charge is 0.507 e. The van der Waals surface area contributed by atoms with E-state index in [1.807, 2.05) is 26.0 Å². The summed E-state index contributed by atoms with van der Waals surface area (Å²) < 4.78 is 18.9. The van der Waals surface area contributed by atoms with E-state index < -0.39 is 12.0 Å². The monoisotopic (exact) mass is 579 g/mol. The molecule has 41 heavy (non-hydrogen) atoms. The van der Waals surface area contributed by atoms with E-state index in [0.717, 1.165) is 18.8 Å². The first-order chi connectivity index (χ1) is 19.8. The Morgan fingerprint density at radius 3 is 2.37 bits per heavy atom. The van der Waals surface area contributed by atoms with Crippen LogP contribution in [0.2, 0.25) is 0 Å². The van der Waals surface area contributed by atoms with Crippen LogP contribution in [-0.4, -0.2) is 48.6 Å². The van der Waals surface area contributed by atoms with Crippen molar-refractivity contribution in [3.63, 3.8) is 0 Å². The fourth-order valence-corrected chi connectivity index (χ4v) is 5.96. The Bertz CT molecular complexity index is 1630.